The lowest BCUT2D eigenvalue weighted by Gasteiger charge is -2.20. The molecule has 23 heavy (non-hydrogen) atoms. The van der Waals surface area contributed by atoms with E-state index in [0.29, 0.717) is 24.2 Å². The van der Waals surface area contributed by atoms with Gasteiger partial charge in [0, 0.05) is 19.5 Å². The van der Waals surface area contributed by atoms with Gasteiger partial charge in [0.15, 0.2) is 0 Å². The fraction of sp³-hybridized carbons (Fsp3) is 0.263. The number of carbonyl (C=O) groups is 1. The number of rotatable bonds is 7. The first-order valence-electron chi connectivity index (χ1n) is 7.78. The molecule has 0 aliphatic rings. The highest BCUT2D eigenvalue weighted by atomic mass is 16.1. The van der Waals surface area contributed by atoms with E-state index in [9.17, 15) is 4.79 Å². The number of anilines is 1. The van der Waals surface area contributed by atoms with Gasteiger partial charge in [0.05, 0.1) is 11.3 Å². The number of para-hydroxylation sites is 1. The van der Waals surface area contributed by atoms with Crippen molar-refractivity contribution in [1.29, 1.82) is 5.26 Å². The second-order valence-corrected chi connectivity index (χ2v) is 5.31. The zero-order valence-electron chi connectivity index (χ0n) is 13.3. The topological polar surface area (TPSA) is 56.1 Å². The van der Waals surface area contributed by atoms with Gasteiger partial charge in [-0.05, 0) is 24.2 Å². The Labute approximate surface area is 137 Å². The van der Waals surface area contributed by atoms with Gasteiger partial charge in [-0.1, -0.05) is 49.4 Å². The molecule has 2 aromatic rings. The van der Waals surface area contributed by atoms with Crippen LogP contribution in [0.1, 0.15) is 24.5 Å². The summed E-state index contributed by atoms with van der Waals surface area (Å²) in [5.74, 6) is -0.0702. The molecule has 0 saturated carbocycles. The van der Waals surface area contributed by atoms with E-state index in [4.69, 9.17) is 5.26 Å². The average Bonchev–Trinajstić information content (AvgIpc) is 2.60. The maximum absolute atomic E-state index is 12.1. The van der Waals surface area contributed by atoms with Crippen LogP contribution < -0.4 is 5.32 Å². The van der Waals surface area contributed by atoms with Crippen LogP contribution in [-0.4, -0.2) is 23.9 Å². The van der Waals surface area contributed by atoms with Crippen LogP contribution in [0.3, 0.4) is 0 Å². The molecule has 1 N–H and O–H groups in total. The van der Waals surface area contributed by atoms with Gasteiger partial charge in [0.25, 0.3) is 0 Å². The smallest absolute Gasteiger partial charge is 0.225 e. The van der Waals surface area contributed by atoms with E-state index in [1.165, 1.54) is 5.56 Å². The second-order valence-electron chi connectivity index (χ2n) is 5.31. The first kappa shape index (κ1) is 16.7. The van der Waals surface area contributed by atoms with E-state index in [0.717, 1.165) is 13.1 Å². The number of carbonyl (C=O) groups excluding carboxylic acids is 1. The Kier molecular flexibility index (Phi) is 6.34. The number of hydrogen-bond acceptors (Lipinski definition) is 3. The predicted molar refractivity (Wildman–Crippen MR) is 91.8 cm³/mol. The van der Waals surface area contributed by atoms with Crippen LogP contribution in [0, 0.1) is 11.3 Å². The van der Waals surface area contributed by atoms with Gasteiger partial charge < -0.3 is 5.32 Å². The molecule has 4 nitrogen and oxygen atoms in total. The third-order valence-electron chi connectivity index (χ3n) is 3.67. The van der Waals surface area contributed by atoms with Gasteiger partial charge in [-0.15, -0.1) is 0 Å². The van der Waals surface area contributed by atoms with Crippen molar-refractivity contribution >= 4 is 11.6 Å². The first-order valence-corrected chi connectivity index (χ1v) is 7.78. The van der Waals surface area contributed by atoms with Gasteiger partial charge in [-0.3, -0.25) is 9.69 Å². The fourth-order valence-electron chi connectivity index (χ4n) is 2.35. The summed E-state index contributed by atoms with van der Waals surface area (Å²) in [6.45, 7) is 4.49. The van der Waals surface area contributed by atoms with E-state index < -0.39 is 0 Å². The zero-order valence-corrected chi connectivity index (χ0v) is 13.3. The lowest BCUT2D eigenvalue weighted by atomic mass is 10.2. The summed E-state index contributed by atoms with van der Waals surface area (Å²) in [6, 6.07) is 19.3. The van der Waals surface area contributed by atoms with Gasteiger partial charge in [-0.25, -0.2) is 0 Å². The maximum Gasteiger partial charge on any atom is 0.225 e. The van der Waals surface area contributed by atoms with Crippen LogP contribution in [0.15, 0.2) is 54.6 Å². The standard InChI is InChI=1S/C19H21N3O/c1-2-22(15-16-8-4-3-5-9-16)13-12-19(23)21-18-11-7-6-10-17(18)14-20/h3-11H,2,12-13,15H2,1H3,(H,21,23). The summed E-state index contributed by atoms with van der Waals surface area (Å²) in [7, 11) is 0. The molecule has 0 spiro atoms. The summed E-state index contributed by atoms with van der Waals surface area (Å²) < 4.78 is 0. The van der Waals surface area contributed by atoms with Crippen molar-refractivity contribution in [2.75, 3.05) is 18.4 Å². The average molecular weight is 307 g/mol. The third kappa shape index (κ3) is 5.24. The Bertz CT molecular complexity index is 677. The van der Waals surface area contributed by atoms with E-state index in [1.807, 2.05) is 24.3 Å². The number of hydrogen-bond donors (Lipinski definition) is 1. The SMILES string of the molecule is CCN(CCC(=O)Nc1ccccc1C#N)Cc1ccccc1. The van der Waals surface area contributed by atoms with Crippen LogP contribution in [0.5, 0.6) is 0 Å². The molecule has 0 aliphatic carbocycles. The van der Waals surface area contributed by atoms with Crippen LogP contribution in [0.4, 0.5) is 5.69 Å². The quantitative estimate of drug-likeness (QED) is 0.853. The lowest BCUT2D eigenvalue weighted by Crippen LogP contribution is -2.27. The number of nitrogens with zero attached hydrogens (tertiary/aromatic N) is 2. The first-order chi connectivity index (χ1) is 11.2. The molecule has 0 aromatic heterocycles. The van der Waals surface area contributed by atoms with Gasteiger partial charge >= 0.3 is 0 Å². The summed E-state index contributed by atoms with van der Waals surface area (Å²) in [6.07, 6.45) is 0.403. The van der Waals surface area contributed by atoms with Crippen molar-refractivity contribution in [3.05, 3.63) is 65.7 Å². The minimum absolute atomic E-state index is 0.0702. The van der Waals surface area contributed by atoms with Gasteiger partial charge in [0.2, 0.25) is 5.91 Å². The van der Waals surface area contributed by atoms with Crippen LogP contribution in [-0.2, 0) is 11.3 Å². The number of nitriles is 1. The Morgan fingerprint density at radius 2 is 1.83 bits per heavy atom. The number of nitrogens with one attached hydrogen (secondary N) is 1. The van der Waals surface area contributed by atoms with Crippen molar-refractivity contribution < 1.29 is 4.79 Å². The minimum atomic E-state index is -0.0702. The van der Waals surface area contributed by atoms with Crippen molar-refractivity contribution in [1.82, 2.24) is 4.90 Å². The highest BCUT2D eigenvalue weighted by Gasteiger charge is 2.09. The molecule has 0 atom stereocenters. The van der Waals surface area contributed by atoms with Crippen LogP contribution in [0.25, 0.3) is 0 Å². The molecule has 0 aliphatic heterocycles. The molecule has 2 rings (SSSR count). The Balaban J connectivity index is 1.86. The Morgan fingerprint density at radius 1 is 1.13 bits per heavy atom. The van der Waals surface area contributed by atoms with E-state index in [2.05, 4.69) is 35.3 Å². The zero-order chi connectivity index (χ0) is 16.5. The lowest BCUT2D eigenvalue weighted by molar-refractivity contribution is -0.116. The van der Waals surface area contributed by atoms with Gasteiger partial charge in [0.1, 0.15) is 6.07 Å². The van der Waals surface area contributed by atoms with Crippen molar-refractivity contribution in [2.24, 2.45) is 0 Å². The molecule has 2 aromatic carbocycles. The summed E-state index contributed by atoms with van der Waals surface area (Å²) >= 11 is 0. The molecule has 0 heterocycles. The molecule has 4 heteroatoms. The number of benzene rings is 2. The highest BCUT2D eigenvalue weighted by molar-refractivity contribution is 5.92. The molecule has 0 bridgehead atoms. The van der Waals surface area contributed by atoms with E-state index in [-0.39, 0.29) is 5.91 Å². The van der Waals surface area contributed by atoms with Crippen LogP contribution >= 0.6 is 0 Å². The Hall–Kier alpha value is -2.64. The summed E-state index contributed by atoms with van der Waals surface area (Å²) in [4.78, 5) is 14.3. The third-order valence-corrected chi connectivity index (χ3v) is 3.67. The molecule has 0 fully saturated rings. The monoisotopic (exact) mass is 307 g/mol. The molecular weight excluding hydrogens is 286 g/mol. The normalized spacial score (nSPS) is 10.3. The maximum atomic E-state index is 12.1. The van der Waals surface area contributed by atoms with Crippen molar-refractivity contribution in [3.8, 4) is 6.07 Å². The van der Waals surface area contributed by atoms with Crippen molar-refractivity contribution in [3.63, 3.8) is 0 Å². The van der Waals surface area contributed by atoms with Crippen molar-refractivity contribution in [2.45, 2.75) is 19.9 Å². The highest BCUT2D eigenvalue weighted by Crippen LogP contribution is 2.14. The molecule has 0 radical (unpaired) electrons. The van der Waals surface area contributed by atoms with Crippen LogP contribution in [0.2, 0.25) is 0 Å². The van der Waals surface area contributed by atoms with E-state index in [1.54, 1.807) is 18.2 Å². The molecule has 118 valence electrons. The largest absolute Gasteiger partial charge is 0.325 e. The fourth-order valence-corrected chi connectivity index (χ4v) is 2.35. The van der Waals surface area contributed by atoms with E-state index >= 15 is 0 Å². The number of amides is 1. The molecular formula is C19H21N3O. The Morgan fingerprint density at radius 3 is 2.52 bits per heavy atom. The summed E-state index contributed by atoms with van der Waals surface area (Å²) in [5.41, 5.74) is 2.30. The molecule has 0 saturated heterocycles. The summed E-state index contributed by atoms with van der Waals surface area (Å²) in [5, 5.41) is 11.9. The second kappa shape index (κ2) is 8.72. The van der Waals surface area contributed by atoms with Gasteiger partial charge in [-0.2, -0.15) is 5.26 Å². The predicted octanol–water partition coefficient (Wildman–Crippen LogP) is 3.41. The molecule has 1 amide bonds. The minimum Gasteiger partial charge on any atom is -0.325 e. The molecule has 0 unspecified atom stereocenters.